The van der Waals surface area contributed by atoms with Crippen LogP contribution in [-0.4, -0.2) is 38.1 Å². The van der Waals surface area contributed by atoms with Crippen molar-refractivity contribution in [3.63, 3.8) is 0 Å². The van der Waals surface area contributed by atoms with Gasteiger partial charge in [0, 0.05) is 35.9 Å². The lowest BCUT2D eigenvalue weighted by molar-refractivity contribution is -0.124. The number of amides is 2. The van der Waals surface area contributed by atoms with Crippen LogP contribution >= 0.6 is 11.3 Å². The highest BCUT2D eigenvalue weighted by molar-refractivity contribution is 7.93. The number of carbonyl (C=O) groups excluding carboxylic acids is 2. The van der Waals surface area contributed by atoms with Gasteiger partial charge in [-0.05, 0) is 36.4 Å². The van der Waals surface area contributed by atoms with Gasteiger partial charge in [0.25, 0.3) is 15.9 Å². The highest BCUT2D eigenvalue weighted by Crippen LogP contribution is 2.26. The molecule has 1 aliphatic heterocycles. The van der Waals surface area contributed by atoms with Gasteiger partial charge in [0.2, 0.25) is 0 Å². The molecule has 31 heavy (non-hydrogen) atoms. The summed E-state index contributed by atoms with van der Waals surface area (Å²) >= 11 is 1.17. The first-order valence-electron chi connectivity index (χ1n) is 9.29. The third-order valence-corrected chi connectivity index (χ3v) is 6.71. The molecule has 2 aromatic carbocycles. The largest absolute Gasteiger partial charge is 0.436 e. The van der Waals surface area contributed by atoms with E-state index in [1.807, 2.05) is 6.07 Å². The normalized spacial score (nSPS) is 16.2. The molecule has 0 spiro atoms. The van der Waals surface area contributed by atoms with Crippen LogP contribution in [0.1, 0.15) is 6.42 Å². The van der Waals surface area contributed by atoms with Crippen LogP contribution in [0.2, 0.25) is 0 Å². The van der Waals surface area contributed by atoms with Crippen molar-refractivity contribution in [1.29, 1.82) is 0 Å². The van der Waals surface area contributed by atoms with Gasteiger partial charge in [-0.15, -0.1) is 11.3 Å². The summed E-state index contributed by atoms with van der Waals surface area (Å²) in [5.41, 5.74) is 1.09. The Kier molecular flexibility index (Phi) is 5.87. The minimum absolute atomic E-state index is 0.0492. The van der Waals surface area contributed by atoms with Crippen molar-refractivity contribution in [3.8, 4) is 0 Å². The quantitative estimate of drug-likeness (QED) is 0.585. The molecular formula is C20H18N4O5S2. The Hall–Kier alpha value is -3.44. The van der Waals surface area contributed by atoms with Crippen molar-refractivity contribution in [2.45, 2.75) is 17.4 Å². The first-order valence-corrected chi connectivity index (χ1v) is 11.6. The van der Waals surface area contributed by atoms with Crippen molar-refractivity contribution >= 4 is 49.9 Å². The minimum Gasteiger partial charge on any atom is -0.436 e. The SMILES string of the molecule is O=C(Nc1ccccc1)O[C@H]1CCN(c2ccc(S(=O)(=O)Nc3nccs3)cc2)C1=O. The van der Waals surface area contributed by atoms with E-state index in [0.717, 1.165) is 0 Å². The topological polar surface area (TPSA) is 118 Å². The number of carbonyl (C=O) groups is 2. The lowest BCUT2D eigenvalue weighted by Crippen LogP contribution is -2.33. The average molecular weight is 459 g/mol. The molecule has 1 fully saturated rings. The van der Waals surface area contributed by atoms with E-state index in [9.17, 15) is 18.0 Å². The average Bonchev–Trinajstić information content (AvgIpc) is 3.38. The number of hydrogen-bond donors (Lipinski definition) is 2. The molecule has 1 aromatic heterocycles. The predicted molar refractivity (Wildman–Crippen MR) is 117 cm³/mol. The van der Waals surface area contributed by atoms with Crippen LogP contribution < -0.4 is 14.9 Å². The van der Waals surface area contributed by atoms with Crippen molar-refractivity contribution < 1.29 is 22.7 Å². The Balaban J connectivity index is 1.39. The zero-order valence-electron chi connectivity index (χ0n) is 16.1. The molecule has 0 bridgehead atoms. The molecule has 0 radical (unpaired) electrons. The van der Waals surface area contributed by atoms with E-state index >= 15 is 0 Å². The highest BCUT2D eigenvalue weighted by atomic mass is 32.2. The second-order valence-corrected chi connectivity index (χ2v) is 9.18. The monoisotopic (exact) mass is 458 g/mol. The van der Waals surface area contributed by atoms with Crippen LogP contribution in [0.3, 0.4) is 0 Å². The summed E-state index contributed by atoms with van der Waals surface area (Å²) in [6.45, 7) is 0.353. The van der Waals surface area contributed by atoms with Gasteiger partial charge < -0.3 is 9.64 Å². The van der Waals surface area contributed by atoms with Crippen molar-refractivity contribution in [3.05, 3.63) is 66.2 Å². The van der Waals surface area contributed by atoms with Gasteiger partial charge in [-0.2, -0.15) is 0 Å². The molecule has 0 unspecified atom stereocenters. The molecule has 2 N–H and O–H groups in total. The number of sulfonamides is 1. The molecule has 1 aliphatic rings. The summed E-state index contributed by atoms with van der Waals surface area (Å²) in [6, 6.07) is 14.7. The van der Waals surface area contributed by atoms with E-state index in [2.05, 4.69) is 15.0 Å². The Morgan fingerprint density at radius 1 is 1.13 bits per heavy atom. The third-order valence-electron chi connectivity index (χ3n) is 4.54. The summed E-state index contributed by atoms with van der Waals surface area (Å²) in [4.78, 5) is 30.1. The minimum atomic E-state index is -3.78. The van der Waals surface area contributed by atoms with Gasteiger partial charge in [0.15, 0.2) is 11.2 Å². The summed E-state index contributed by atoms with van der Waals surface area (Å²) < 4.78 is 32.5. The molecule has 1 atom stereocenters. The lowest BCUT2D eigenvalue weighted by atomic mass is 10.3. The van der Waals surface area contributed by atoms with E-state index in [1.165, 1.54) is 34.6 Å². The number of anilines is 3. The number of benzene rings is 2. The highest BCUT2D eigenvalue weighted by Gasteiger charge is 2.35. The van der Waals surface area contributed by atoms with Gasteiger partial charge in [-0.3, -0.25) is 14.8 Å². The van der Waals surface area contributed by atoms with E-state index in [1.54, 1.807) is 41.8 Å². The second kappa shape index (κ2) is 8.74. The molecule has 11 heteroatoms. The fraction of sp³-hybridized carbons (Fsp3) is 0.150. The molecule has 2 heterocycles. The number of aromatic nitrogens is 1. The molecular weight excluding hydrogens is 440 g/mol. The molecule has 0 saturated carbocycles. The Bertz CT molecular complexity index is 1170. The van der Waals surface area contributed by atoms with Crippen molar-refractivity contribution in [2.24, 2.45) is 0 Å². The molecule has 1 saturated heterocycles. The lowest BCUT2D eigenvalue weighted by Gasteiger charge is -2.17. The van der Waals surface area contributed by atoms with Gasteiger partial charge in [-0.25, -0.2) is 18.2 Å². The molecule has 160 valence electrons. The first kappa shape index (κ1) is 20.8. The maximum atomic E-state index is 12.7. The summed E-state index contributed by atoms with van der Waals surface area (Å²) in [5.74, 6) is -0.361. The van der Waals surface area contributed by atoms with Crippen LogP contribution in [-0.2, 0) is 19.6 Å². The fourth-order valence-corrected chi connectivity index (χ4v) is 4.86. The number of hydrogen-bond acceptors (Lipinski definition) is 7. The number of rotatable bonds is 6. The maximum Gasteiger partial charge on any atom is 0.412 e. The van der Waals surface area contributed by atoms with E-state index in [4.69, 9.17) is 4.74 Å². The predicted octanol–water partition coefficient (Wildman–Crippen LogP) is 3.30. The van der Waals surface area contributed by atoms with E-state index < -0.39 is 22.2 Å². The number of nitrogens with zero attached hydrogens (tertiary/aromatic N) is 2. The zero-order chi connectivity index (χ0) is 21.8. The van der Waals surface area contributed by atoms with E-state index in [-0.39, 0.29) is 15.9 Å². The molecule has 3 aromatic rings. The molecule has 9 nitrogen and oxygen atoms in total. The Morgan fingerprint density at radius 2 is 1.87 bits per heavy atom. The van der Waals surface area contributed by atoms with Gasteiger partial charge in [-0.1, -0.05) is 18.2 Å². The van der Waals surface area contributed by atoms with Gasteiger partial charge in [0.05, 0.1) is 4.90 Å². The number of para-hydroxylation sites is 1. The van der Waals surface area contributed by atoms with Gasteiger partial charge in [0.1, 0.15) is 0 Å². The molecule has 0 aliphatic carbocycles. The standard InChI is InChI=1S/C20H18N4O5S2/c25-18-17(29-20(26)22-14-4-2-1-3-5-14)10-12-24(18)15-6-8-16(9-7-15)31(27,28)23-19-21-11-13-30-19/h1-9,11,13,17H,10,12H2,(H,21,23)(H,22,26)/t17-/m0/s1. The summed E-state index contributed by atoms with van der Waals surface area (Å²) in [7, 11) is -3.78. The Labute approximate surface area is 182 Å². The van der Waals surface area contributed by atoms with Crippen LogP contribution in [0.4, 0.5) is 21.3 Å². The molecule has 2 amide bonds. The third kappa shape index (κ3) is 4.84. The van der Waals surface area contributed by atoms with Crippen LogP contribution in [0.15, 0.2) is 71.1 Å². The van der Waals surface area contributed by atoms with E-state index in [0.29, 0.717) is 24.3 Å². The molecule has 4 rings (SSSR count). The van der Waals surface area contributed by atoms with Crippen molar-refractivity contribution in [1.82, 2.24) is 4.98 Å². The maximum absolute atomic E-state index is 12.7. The second-order valence-electron chi connectivity index (χ2n) is 6.60. The van der Waals surface area contributed by atoms with Gasteiger partial charge >= 0.3 is 6.09 Å². The smallest absolute Gasteiger partial charge is 0.412 e. The number of thiazole rings is 1. The van der Waals surface area contributed by atoms with Crippen LogP contribution in [0.5, 0.6) is 0 Å². The number of nitrogens with one attached hydrogen (secondary N) is 2. The Morgan fingerprint density at radius 3 is 2.55 bits per heavy atom. The fourth-order valence-electron chi connectivity index (χ4n) is 3.07. The zero-order valence-corrected chi connectivity index (χ0v) is 17.7. The summed E-state index contributed by atoms with van der Waals surface area (Å²) in [5, 5.41) is 4.51. The summed E-state index contributed by atoms with van der Waals surface area (Å²) in [6.07, 6.45) is 0.232. The van der Waals surface area contributed by atoms with Crippen LogP contribution in [0, 0.1) is 0 Å². The van der Waals surface area contributed by atoms with Crippen LogP contribution in [0.25, 0.3) is 0 Å². The number of ether oxygens (including phenoxy) is 1. The van der Waals surface area contributed by atoms with Crippen molar-refractivity contribution in [2.75, 3.05) is 21.5 Å². The first-order chi connectivity index (χ1) is 14.9.